The molecule has 2 rings (SSSR count). The second kappa shape index (κ2) is 11.5. The van der Waals surface area contributed by atoms with Gasteiger partial charge in [0.1, 0.15) is 0 Å². The molecule has 2 aliphatic rings. The van der Waals surface area contributed by atoms with Gasteiger partial charge in [-0.05, 0) is 0 Å². The molecule has 0 radical (unpaired) electrons. The van der Waals surface area contributed by atoms with E-state index in [0.29, 0.717) is 0 Å². The lowest BCUT2D eigenvalue weighted by molar-refractivity contribution is 0.504. The van der Waals surface area contributed by atoms with E-state index in [9.17, 15) is 0 Å². The molecule has 0 heterocycles. The lowest BCUT2D eigenvalue weighted by atomic mass is 10.0. The highest BCUT2D eigenvalue weighted by molar-refractivity contribution is 4.52. The molecule has 0 N–H and O–H groups in total. The molecule has 0 amide bonds. The first-order chi connectivity index (χ1) is 8.00. The standard InChI is InChI=1S/2C8H16/c2*1-2-4-6-8-7-5-3-1/h2*1-8H2. The molecule has 2 aliphatic carbocycles. The van der Waals surface area contributed by atoms with Crippen LogP contribution in [-0.2, 0) is 0 Å². The van der Waals surface area contributed by atoms with Gasteiger partial charge in [-0.25, -0.2) is 0 Å². The molecule has 0 aromatic rings. The van der Waals surface area contributed by atoms with Crippen molar-refractivity contribution in [2.45, 2.75) is 103 Å². The summed E-state index contributed by atoms with van der Waals surface area (Å²) in [6, 6.07) is 0. The summed E-state index contributed by atoms with van der Waals surface area (Å²) in [5.74, 6) is 0. The van der Waals surface area contributed by atoms with Crippen molar-refractivity contribution in [1.82, 2.24) is 0 Å². The maximum atomic E-state index is 1.50. The van der Waals surface area contributed by atoms with Crippen LogP contribution < -0.4 is 0 Å². The molecule has 0 heteroatoms. The van der Waals surface area contributed by atoms with Crippen molar-refractivity contribution in [2.75, 3.05) is 0 Å². The fourth-order valence-electron chi connectivity index (χ4n) is 2.83. The van der Waals surface area contributed by atoms with E-state index in [2.05, 4.69) is 0 Å². The summed E-state index contributed by atoms with van der Waals surface area (Å²) in [5, 5.41) is 0. The maximum Gasteiger partial charge on any atom is -0.0533 e. The first-order valence-corrected chi connectivity index (χ1v) is 8.00. The summed E-state index contributed by atoms with van der Waals surface area (Å²) < 4.78 is 0. The van der Waals surface area contributed by atoms with Gasteiger partial charge in [-0.1, -0.05) is 103 Å². The lowest BCUT2D eigenvalue weighted by Crippen LogP contribution is -1.85. The fourth-order valence-corrected chi connectivity index (χ4v) is 2.83. The van der Waals surface area contributed by atoms with Gasteiger partial charge in [0.15, 0.2) is 0 Å². The van der Waals surface area contributed by atoms with E-state index >= 15 is 0 Å². The van der Waals surface area contributed by atoms with E-state index in [1.807, 2.05) is 0 Å². The van der Waals surface area contributed by atoms with Crippen LogP contribution in [0.3, 0.4) is 0 Å². The van der Waals surface area contributed by atoms with Crippen molar-refractivity contribution >= 4 is 0 Å². The molecule has 0 aromatic carbocycles. The normalized spacial score (nSPS) is 24.0. The number of hydrogen-bond acceptors (Lipinski definition) is 0. The smallest absolute Gasteiger partial charge is 0.0533 e. The quantitative estimate of drug-likeness (QED) is 0.457. The van der Waals surface area contributed by atoms with Crippen LogP contribution in [0.2, 0.25) is 0 Å². The summed E-state index contributed by atoms with van der Waals surface area (Å²) in [4.78, 5) is 0. The van der Waals surface area contributed by atoms with E-state index in [-0.39, 0.29) is 0 Å². The van der Waals surface area contributed by atoms with E-state index in [1.165, 1.54) is 103 Å². The van der Waals surface area contributed by atoms with Gasteiger partial charge in [0, 0.05) is 0 Å². The van der Waals surface area contributed by atoms with Crippen LogP contribution in [-0.4, -0.2) is 0 Å². The number of rotatable bonds is 0. The van der Waals surface area contributed by atoms with E-state index in [1.54, 1.807) is 0 Å². The van der Waals surface area contributed by atoms with Crippen LogP contribution in [0.4, 0.5) is 0 Å². The first-order valence-electron chi connectivity index (χ1n) is 8.00. The molecule has 0 unspecified atom stereocenters. The average Bonchev–Trinajstić information content (AvgIpc) is 2.15. The van der Waals surface area contributed by atoms with Gasteiger partial charge in [-0.3, -0.25) is 0 Å². The second-order valence-corrected chi connectivity index (χ2v) is 5.66. The molecule has 2 saturated carbocycles. The Kier molecular flexibility index (Phi) is 10.1. The zero-order valence-corrected chi connectivity index (χ0v) is 11.3. The summed E-state index contributed by atoms with van der Waals surface area (Å²) in [6.07, 6.45) is 24.0. The van der Waals surface area contributed by atoms with Crippen molar-refractivity contribution in [1.29, 1.82) is 0 Å². The molecule has 0 aliphatic heterocycles. The third-order valence-electron chi connectivity index (χ3n) is 4.00. The van der Waals surface area contributed by atoms with Crippen LogP contribution in [0.1, 0.15) is 103 Å². The Morgan fingerprint density at radius 2 is 0.188 bits per heavy atom. The highest BCUT2D eigenvalue weighted by Gasteiger charge is 1.96. The highest BCUT2D eigenvalue weighted by Crippen LogP contribution is 2.16. The van der Waals surface area contributed by atoms with Gasteiger partial charge in [0.05, 0.1) is 0 Å². The Morgan fingerprint density at radius 3 is 0.250 bits per heavy atom. The molecule has 0 atom stereocenters. The number of hydrogen-bond donors (Lipinski definition) is 0. The van der Waals surface area contributed by atoms with E-state index in [4.69, 9.17) is 0 Å². The molecule has 0 spiro atoms. The van der Waals surface area contributed by atoms with Crippen molar-refractivity contribution < 1.29 is 0 Å². The van der Waals surface area contributed by atoms with Crippen LogP contribution in [0.5, 0.6) is 0 Å². The van der Waals surface area contributed by atoms with Crippen LogP contribution in [0, 0.1) is 0 Å². The first kappa shape index (κ1) is 14.1. The molecule has 0 saturated heterocycles. The maximum absolute atomic E-state index is 1.50. The van der Waals surface area contributed by atoms with Gasteiger partial charge >= 0.3 is 0 Å². The predicted molar refractivity (Wildman–Crippen MR) is 73.9 cm³/mol. The predicted octanol–water partition coefficient (Wildman–Crippen LogP) is 6.24. The molecular formula is C16H32. The summed E-state index contributed by atoms with van der Waals surface area (Å²) in [6.45, 7) is 0. The van der Waals surface area contributed by atoms with Gasteiger partial charge in [0.25, 0.3) is 0 Å². The van der Waals surface area contributed by atoms with Gasteiger partial charge in [0.2, 0.25) is 0 Å². The van der Waals surface area contributed by atoms with Gasteiger partial charge in [-0.2, -0.15) is 0 Å². The molecule has 0 aromatic heterocycles. The van der Waals surface area contributed by atoms with E-state index in [0.717, 1.165) is 0 Å². The molecule has 96 valence electrons. The SMILES string of the molecule is C1CCCCCCC1.C1CCCCCCC1. The monoisotopic (exact) mass is 224 g/mol. The zero-order valence-electron chi connectivity index (χ0n) is 11.3. The highest BCUT2D eigenvalue weighted by atomic mass is 14.0. The largest absolute Gasteiger partial charge is 0.0533 e. The van der Waals surface area contributed by atoms with Crippen molar-refractivity contribution in [3.8, 4) is 0 Å². The Balaban J connectivity index is 0.000000160. The minimum absolute atomic E-state index is 1.50. The third kappa shape index (κ3) is 9.24. The van der Waals surface area contributed by atoms with Gasteiger partial charge in [-0.15, -0.1) is 0 Å². The van der Waals surface area contributed by atoms with Crippen molar-refractivity contribution in [3.05, 3.63) is 0 Å². The van der Waals surface area contributed by atoms with Crippen molar-refractivity contribution in [2.24, 2.45) is 0 Å². The third-order valence-corrected chi connectivity index (χ3v) is 4.00. The van der Waals surface area contributed by atoms with Crippen LogP contribution in [0.25, 0.3) is 0 Å². The zero-order chi connectivity index (χ0) is 11.3. The van der Waals surface area contributed by atoms with Crippen LogP contribution in [0.15, 0.2) is 0 Å². The second-order valence-electron chi connectivity index (χ2n) is 5.66. The molecule has 2 fully saturated rings. The Morgan fingerprint density at radius 1 is 0.125 bits per heavy atom. The molecular weight excluding hydrogens is 192 g/mol. The Bertz CT molecular complexity index is 64.0. The Hall–Kier alpha value is 0. The minimum Gasteiger partial charge on any atom is -0.0533 e. The fraction of sp³-hybridized carbons (Fsp3) is 1.00. The molecule has 0 nitrogen and oxygen atoms in total. The average molecular weight is 224 g/mol. The summed E-state index contributed by atoms with van der Waals surface area (Å²) in [5.41, 5.74) is 0. The van der Waals surface area contributed by atoms with Gasteiger partial charge < -0.3 is 0 Å². The summed E-state index contributed by atoms with van der Waals surface area (Å²) in [7, 11) is 0. The van der Waals surface area contributed by atoms with Crippen LogP contribution >= 0.6 is 0 Å². The molecule has 0 bridgehead atoms. The Labute approximate surface area is 103 Å². The molecule has 16 heavy (non-hydrogen) atoms. The summed E-state index contributed by atoms with van der Waals surface area (Å²) >= 11 is 0. The van der Waals surface area contributed by atoms with E-state index < -0.39 is 0 Å². The minimum atomic E-state index is 1.50. The lowest BCUT2D eigenvalue weighted by Gasteiger charge is -2.05. The topological polar surface area (TPSA) is 0 Å². The van der Waals surface area contributed by atoms with Crippen molar-refractivity contribution in [3.63, 3.8) is 0 Å².